The van der Waals surface area contributed by atoms with Gasteiger partial charge in [0.1, 0.15) is 5.82 Å². The minimum atomic E-state index is -1.18. The Hall–Kier alpha value is -1.07. The molecule has 1 aromatic carbocycles. The van der Waals surface area contributed by atoms with E-state index in [9.17, 15) is 13.2 Å². The summed E-state index contributed by atoms with van der Waals surface area (Å²) in [6.45, 7) is 3.18. The third-order valence-electron chi connectivity index (χ3n) is 2.66. The van der Waals surface area contributed by atoms with Crippen molar-refractivity contribution in [1.29, 1.82) is 0 Å². The Labute approximate surface area is 91.4 Å². The third kappa shape index (κ3) is 2.20. The Balaban J connectivity index is 2.06. The van der Waals surface area contributed by atoms with Gasteiger partial charge in [0.25, 0.3) is 0 Å². The fourth-order valence-corrected chi connectivity index (χ4v) is 1.51. The summed E-state index contributed by atoms with van der Waals surface area (Å²) < 4.78 is 44.2. The molecule has 1 N–H and O–H groups in total. The lowest BCUT2D eigenvalue weighted by atomic mass is 10.00. The molecule has 0 radical (unpaired) electrons. The van der Waals surface area contributed by atoms with Gasteiger partial charge in [-0.3, -0.25) is 0 Å². The van der Waals surface area contributed by atoms with Crippen LogP contribution >= 0.6 is 0 Å². The van der Waals surface area contributed by atoms with E-state index in [1.54, 1.807) is 0 Å². The molecule has 0 amide bonds. The first-order chi connectivity index (χ1) is 7.50. The van der Waals surface area contributed by atoms with Crippen molar-refractivity contribution in [3.8, 4) is 0 Å². The largest absolute Gasteiger partial charge is 0.368 e. The van der Waals surface area contributed by atoms with Gasteiger partial charge in [-0.25, -0.2) is 13.2 Å². The number of ether oxygens (including phenoxy) is 1. The van der Waals surface area contributed by atoms with Crippen LogP contribution in [0.15, 0.2) is 12.1 Å². The molecule has 0 bridgehead atoms. The zero-order valence-corrected chi connectivity index (χ0v) is 8.82. The van der Waals surface area contributed by atoms with Crippen molar-refractivity contribution in [2.45, 2.75) is 19.1 Å². The quantitative estimate of drug-likeness (QED) is 0.803. The second-order valence-electron chi connectivity index (χ2n) is 4.20. The van der Waals surface area contributed by atoms with Gasteiger partial charge in [0, 0.05) is 24.7 Å². The Morgan fingerprint density at radius 1 is 1.19 bits per heavy atom. The van der Waals surface area contributed by atoms with Crippen LogP contribution in [0.25, 0.3) is 0 Å². The molecule has 2 nitrogen and oxygen atoms in total. The molecular weight excluding hydrogens is 219 g/mol. The molecule has 0 aliphatic carbocycles. The zero-order chi connectivity index (χ0) is 11.8. The molecule has 88 valence electrons. The first-order valence-electron chi connectivity index (χ1n) is 4.98. The van der Waals surface area contributed by atoms with E-state index in [1.807, 2.05) is 6.92 Å². The summed E-state index contributed by atoms with van der Waals surface area (Å²) in [7, 11) is 0. The molecule has 0 spiro atoms. The molecule has 1 fully saturated rings. The highest BCUT2D eigenvalue weighted by Crippen LogP contribution is 2.20. The van der Waals surface area contributed by atoms with Crippen molar-refractivity contribution in [2.75, 3.05) is 13.1 Å². The van der Waals surface area contributed by atoms with Crippen LogP contribution in [0, 0.1) is 17.5 Å². The van der Waals surface area contributed by atoms with Crippen LogP contribution in [0.1, 0.15) is 12.5 Å². The molecule has 1 heterocycles. The van der Waals surface area contributed by atoms with E-state index >= 15 is 0 Å². The first-order valence-corrected chi connectivity index (χ1v) is 4.98. The Morgan fingerprint density at radius 2 is 1.81 bits per heavy atom. The number of hydrogen-bond donors (Lipinski definition) is 1. The van der Waals surface area contributed by atoms with Crippen LogP contribution in [0.2, 0.25) is 0 Å². The molecule has 2 rings (SSSR count). The zero-order valence-electron chi connectivity index (χ0n) is 8.82. The summed E-state index contributed by atoms with van der Waals surface area (Å²) in [4.78, 5) is 0. The average molecular weight is 231 g/mol. The number of benzene rings is 1. The van der Waals surface area contributed by atoms with Gasteiger partial charge >= 0.3 is 0 Å². The molecule has 1 aliphatic rings. The van der Waals surface area contributed by atoms with Gasteiger partial charge < -0.3 is 10.1 Å². The van der Waals surface area contributed by atoms with E-state index in [2.05, 4.69) is 5.32 Å². The van der Waals surface area contributed by atoms with E-state index in [0.717, 1.165) is 6.07 Å². The second-order valence-corrected chi connectivity index (χ2v) is 4.20. The first kappa shape index (κ1) is 11.4. The minimum absolute atomic E-state index is 0.0343. The molecule has 1 saturated heterocycles. The van der Waals surface area contributed by atoms with E-state index in [0.29, 0.717) is 19.2 Å². The van der Waals surface area contributed by atoms with E-state index in [1.165, 1.54) is 0 Å². The van der Waals surface area contributed by atoms with Crippen LogP contribution in [-0.4, -0.2) is 18.7 Å². The Bertz CT molecular complexity index is 404. The summed E-state index contributed by atoms with van der Waals surface area (Å²) in [5.41, 5.74) is -0.302. The van der Waals surface area contributed by atoms with Crippen molar-refractivity contribution in [2.24, 2.45) is 0 Å². The van der Waals surface area contributed by atoms with Crippen LogP contribution in [0.5, 0.6) is 0 Å². The van der Waals surface area contributed by atoms with Gasteiger partial charge in [0.15, 0.2) is 11.6 Å². The fourth-order valence-electron chi connectivity index (χ4n) is 1.51. The number of halogens is 3. The maximum absolute atomic E-state index is 13.2. The van der Waals surface area contributed by atoms with Crippen molar-refractivity contribution < 1.29 is 17.9 Å². The molecule has 16 heavy (non-hydrogen) atoms. The number of nitrogens with one attached hydrogen (secondary N) is 1. The highest BCUT2D eigenvalue weighted by molar-refractivity contribution is 5.19. The molecular formula is C11H12F3NO. The predicted molar refractivity (Wildman–Crippen MR) is 52.4 cm³/mol. The van der Waals surface area contributed by atoms with E-state index < -0.39 is 17.5 Å². The predicted octanol–water partition coefficient (Wildman–Crippen LogP) is 1.98. The van der Waals surface area contributed by atoms with Crippen LogP contribution in [0.3, 0.4) is 0 Å². The van der Waals surface area contributed by atoms with Gasteiger partial charge in [-0.05, 0) is 13.0 Å². The monoisotopic (exact) mass is 231 g/mol. The SMILES string of the molecule is CC1(OCc2cc(F)c(F)cc2F)CNC1. The summed E-state index contributed by atoms with van der Waals surface area (Å²) in [6, 6.07) is 1.37. The standard InChI is InChI=1S/C11H12F3NO/c1-11(5-15-6-11)16-4-7-2-9(13)10(14)3-8(7)12/h2-3,15H,4-6H2,1H3. The molecule has 0 atom stereocenters. The van der Waals surface area contributed by atoms with Crippen molar-refractivity contribution in [3.05, 3.63) is 35.1 Å². The van der Waals surface area contributed by atoms with E-state index in [-0.39, 0.29) is 17.8 Å². The van der Waals surface area contributed by atoms with Crippen LogP contribution < -0.4 is 5.32 Å². The average Bonchev–Trinajstić information content (AvgIpc) is 2.19. The molecule has 1 aromatic rings. The highest BCUT2D eigenvalue weighted by atomic mass is 19.2. The fraction of sp³-hybridized carbons (Fsp3) is 0.455. The summed E-state index contributed by atoms with van der Waals surface area (Å²) in [5, 5.41) is 3.02. The van der Waals surface area contributed by atoms with Gasteiger partial charge in [0.05, 0.1) is 12.2 Å². The van der Waals surface area contributed by atoms with Gasteiger partial charge in [-0.1, -0.05) is 0 Å². The maximum atomic E-state index is 13.2. The molecule has 0 unspecified atom stereocenters. The van der Waals surface area contributed by atoms with Gasteiger partial charge in [0.2, 0.25) is 0 Å². The lowest BCUT2D eigenvalue weighted by Gasteiger charge is -2.39. The smallest absolute Gasteiger partial charge is 0.161 e. The molecule has 5 heteroatoms. The van der Waals surface area contributed by atoms with E-state index in [4.69, 9.17) is 4.74 Å². The molecule has 0 saturated carbocycles. The molecule has 0 aromatic heterocycles. The van der Waals surface area contributed by atoms with Gasteiger partial charge in [-0.2, -0.15) is 0 Å². The number of rotatable bonds is 3. The normalized spacial score (nSPS) is 18.2. The van der Waals surface area contributed by atoms with Gasteiger partial charge in [-0.15, -0.1) is 0 Å². The van der Waals surface area contributed by atoms with Crippen molar-refractivity contribution in [1.82, 2.24) is 5.32 Å². The summed E-state index contributed by atoms with van der Waals surface area (Å²) in [5.74, 6) is -3.02. The minimum Gasteiger partial charge on any atom is -0.368 e. The third-order valence-corrected chi connectivity index (χ3v) is 2.66. The highest BCUT2D eigenvalue weighted by Gasteiger charge is 2.32. The summed E-state index contributed by atoms with van der Waals surface area (Å²) >= 11 is 0. The Kier molecular flexibility index (Phi) is 2.90. The molecule has 1 aliphatic heterocycles. The maximum Gasteiger partial charge on any atom is 0.161 e. The Morgan fingerprint density at radius 3 is 2.38 bits per heavy atom. The summed E-state index contributed by atoms with van der Waals surface area (Å²) in [6.07, 6.45) is 0. The number of hydrogen-bond acceptors (Lipinski definition) is 2. The second kappa shape index (κ2) is 4.07. The van der Waals surface area contributed by atoms with Crippen LogP contribution in [0.4, 0.5) is 13.2 Å². The lowest BCUT2D eigenvalue weighted by molar-refractivity contribution is -0.0776. The lowest BCUT2D eigenvalue weighted by Crippen LogP contribution is -2.58. The van der Waals surface area contributed by atoms with Crippen molar-refractivity contribution >= 4 is 0 Å². The van der Waals surface area contributed by atoms with Crippen LogP contribution in [-0.2, 0) is 11.3 Å². The topological polar surface area (TPSA) is 21.3 Å². The van der Waals surface area contributed by atoms with Crippen molar-refractivity contribution in [3.63, 3.8) is 0 Å².